The summed E-state index contributed by atoms with van der Waals surface area (Å²) in [5.74, 6) is -5.16. The number of carbonyl (C=O) groups is 5. The van der Waals surface area contributed by atoms with Gasteiger partial charge in [-0.2, -0.15) is 0 Å². The van der Waals surface area contributed by atoms with Gasteiger partial charge >= 0.3 is 37.6 Å². The smallest absolute Gasteiger partial charge is 0.407 e. The maximum atomic E-state index is 15.0. The molecule has 0 radical (unpaired) electrons. The van der Waals surface area contributed by atoms with Crippen LogP contribution in [0.1, 0.15) is 74.4 Å². The summed E-state index contributed by atoms with van der Waals surface area (Å²) in [6, 6.07) is 25.1. The van der Waals surface area contributed by atoms with Crippen LogP contribution in [0.15, 0.2) is 91.0 Å². The Bertz CT molecular complexity index is 1750. The summed E-state index contributed by atoms with van der Waals surface area (Å²) in [5.41, 5.74) is 0.602. The van der Waals surface area contributed by atoms with E-state index in [1.54, 1.807) is 69.3 Å². The molecule has 2 N–H and O–H groups in total. The van der Waals surface area contributed by atoms with E-state index in [1.165, 1.54) is 12.1 Å². The quantitative estimate of drug-likeness (QED) is 0.0338. The first-order chi connectivity index (χ1) is 26.3. The molecule has 1 aliphatic rings. The number of amides is 1. The Kier molecular flexibility index (Phi) is 16.6. The highest BCUT2D eigenvalue weighted by atomic mass is 31.2. The molecule has 0 bridgehead atoms. The number of hydrogen-bond donors (Lipinski definition) is 2. The van der Waals surface area contributed by atoms with Gasteiger partial charge in [-0.05, 0) is 82.7 Å². The number of alkyl carbamates (subject to hydrolysis) is 1. The van der Waals surface area contributed by atoms with Crippen LogP contribution < -0.4 is 10.6 Å². The van der Waals surface area contributed by atoms with Crippen LogP contribution in [0.4, 0.5) is 4.79 Å². The van der Waals surface area contributed by atoms with Crippen molar-refractivity contribution in [3.63, 3.8) is 0 Å². The minimum absolute atomic E-state index is 0.0810. The second kappa shape index (κ2) is 21.3. The summed E-state index contributed by atoms with van der Waals surface area (Å²) in [6.45, 7) is 4.78. The molecule has 1 amide bonds. The highest BCUT2D eigenvalue weighted by Gasteiger charge is 2.45. The lowest BCUT2D eigenvalue weighted by atomic mass is 9.98. The SMILES string of the molecule is CC(C)(C)C(=O)OCOP(=O)(OC(CCCCNC(=O)OCc1ccccc1)C(=O)OC(=O)[C@@H]1CCCN1)C(Cc1ccccc1)OC(=O)c1ccccc1. The molecular weight excluding hydrogens is 731 g/mol. The average molecular weight is 781 g/mol. The van der Waals surface area contributed by atoms with Crippen LogP contribution in [0.2, 0.25) is 0 Å². The minimum Gasteiger partial charge on any atom is -0.445 e. The van der Waals surface area contributed by atoms with E-state index in [0.29, 0.717) is 31.4 Å². The fourth-order valence-electron chi connectivity index (χ4n) is 5.28. The number of benzene rings is 3. The molecule has 0 saturated carbocycles. The summed E-state index contributed by atoms with van der Waals surface area (Å²) in [4.78, 5) is 64.9. The van der Waals surface area contributed by atoms with Crippen molar-refractivity contribution < 1.29 is 56.5 Å². The molecule has 0 spiro atoms. The molecule has 3 unspecified atom stereocenters. The van der Waals surface area contributed by atoms with Crippen molar-refractivity contribution in [2.24, 2.45) is 5.41 Å². The van der Waals surface area contributed by atoms with Crippen molar-refractivity contribution in [3.05, 3.63) is 108 Å². The van der Waals surface area contributed by atoms with Gasteiger partial charge in [-0.15, -0.1) is 0 Å². The topological polar surface area (TPSA) is 182 Å². The summed E-state index contributed by atoms with van der Waals surface area (Å²) < 4.78 is 48.3. The highest BCUT2D eigenvalue weighted by molar-refractivity contribution is 7.54. The largest absolute Gasteiger partial charge is 0.445 e. The molecule has 14 nitrogen and oxygen atoms in total. The van der Waals surface area contributed by atoms with E-state index in [-0.39, 0.29) is 38.0 Å². The van der Waals surface area contributed by atoms with E-state index in [9.17, 15) is 24.0 Å². The zero-order chi connectivity index (χ0) is 39.7. The fraction of sp³-hybridized carbons (Fsp3) is 0.425. The Balaban J connectivity index is 1.56. The van der Waals surface area contributed by atoms with E-state index < -0.39 is 67.8 Å². The third-order valence-electron chi connectivity index (χ3n) is 8.35. The molecular formula is C40H49N2O12P. The lowest BCUT2D eigenvalue weighted by Crippen LogP contribution is -2.38. The number of ether oxygens (including phenoxy) is 4. The number of carbonyl (C=O) groups excluding carboxylic acids is 5. The second-order valence-corrected chi connectivity index (χ2v) is 16.0. The van der Waals surface area contributed by atoms with Crippen molar-refractivity contribution >= 4 is 37.6 Å². The lowest BCUT2D eigenvalue weighted by Gasteiger charge is -2.30. The molecule has 1 heterocycles. The predicted molar refractivity (Wildman–Crippen MR) is 200 cm³/mol. The normalized spacial score (nSPS) is 16.2. The number of rotatable bonds is 19. The van der Waals surface area contributed by atoms with Crippen LogP contribution in [-0.2, 0) is 60.0 Å². The Labute approximate surface area is 321 Å². The van der Waals surface area contributed by atoms with Gasteiger partial charge < -0.3 is 29.6 Å². The fourth-order valence-corrected chi connectivity index (χ4v) is 7.05. The zero-order valence-electron chi connectivity index (χ0n) is 31.3. The monoisotopic (exact) mass is 780 g/mol. The molecule has 4 atom stereocenters. The van der Waals surface area contributed by atoms with Gasteiger partial charge in [0.1, 0.15) is 12.6 Å². The molecule has 55 heavy (non-hydrogen) atoms. The van der Waals surface area contributed by atoms with Gasteiger partial charge in [-0.3, -0.25) is 18.4 Å². The Morgan fingerprint density at radius 3 is 2.11 bits per heavy atom. The molecule has 1 saturated heterocycles. The number of nitrogens with one attached hydrogen (secondary N) is 2. The molecule has 3 aromatic rings. The Morgan fingerprint density at radius 2 is 1.49 bits per heavy atom. The third-order valence-corrected chi connectivity index (χ3v) is 10.4. The Hall–Kier alpha value is -4.88. The van der Waals surface area contributed by atoms with Crippen molar-refractivity contribution in [1.82, 2.24) is 10.6 Å². The van der Waals surface area contributed by atoms with Crippen LogP contribution in [0.25, 0.3) is 0 Å². The van der Waals surface area contributed by atoms with Gasteiger partial charge in [0, 0.05) is 13.0 Å². The van der Waals surface area contributed by atoms with Gasteiger partial charge in [-0.1, -0.05) is 78.9 Å². The third kappa shape index (κ3) is 14.4. The van der Waals surface area contributed by atoms with Gasteiger partial charge in [0.15, 0.2) is 6.10 Å². The molecule has 1 fully saturated rings. The van der Waals surface area contributed by atoms with Crippen LogP contribution in [0, 0.1) is 5.41 Å². The van der Waals surface area contributed by atoms with Gasteiger partial charge in [-0.25, -0.2) is 19.2 Å². The van der Waals surface area contributed by atoms with E-state index in [0.717, 1.165) is 5.56 Å². The van der Waals surface area contributed by atoms with E-state index >= 15 is 4.57 Å². The first-order valence-corrected chi connectivity index (χ1v) is 19.8. The van der Waals surface area contributed by atoms with Crippen molar-refractivity contribution in [2.75, 3.05) is 19.9 Å². The molecule has 3 aromatic carbocycles. The van der Waals surface area contributed by atoms with Crippen LogP contribution in [0.3, 0.4) is 0 Å². The van der Waals surface area contributed by atoms with E-state index in [1.807, 2.05) is 30.3 Å². The number of esters is 4. The van der Waals surface area contributed by atoms with Gasteiger partial charge in [0.05, 0.1) is 11.0 Å². The highest BCUT2D eigenvalue weighted by Crippen LogP contribution is 2.56. The standard InChI is InChI=1S/C40H49N2O12P/c1-40(2,3)38(46)50-28-51-55(48,34(26-29-16-7-4-8-17-29)52-35(43)31-20-11-6-12-21-31)54-33(37(45)53-36(44)32-22-15-25-41-32)23-13-14-24-42-39(47)49-27-30-18-9-5-10-19-30/h4-12,16-21,32-34,41H,13-15,22-28H2,1-3H3,(H,42,47)/t32-,33?,34?,55?/m0/s1. The van der Waals surface area contributed by atoms with E-state index in [2.05, 4.69) is 10.6 Å². The van der Waals surface area contributed by atoms with Crippen LogP contribution >= 0.6 is 7.60 Å². The minimum atomic E-state index is -4.80. The van der Waals surface area contributed by atoms with Gasteiger partial charge in [0.2, 0.25) is 12.6 Å². The first-order valence-electron chi connectivity index (χ1n) is 18.2. The molecule has 296 valence electrons. The summed E-state index contributed by atoms with van der Waals surface area (Å²) >= 11 is 0. The number of hydrogen-bond acceptors (Lipinski definition) is 13. The summed E-state index contributed by atoms with van der Waals surface area (Å²) in [7, 11) is -4.80. The predicted octanol–water partition coefficient (Wildman–Crippen LogP) is 6.47. The van der Waals surface area contributed by atoms with Crippen LogP contribution in [0.5, 0.6) is 0 Å². The first kappa shape index (κ1) is 42.9. The molecule has 4 rings (SSSR count). The van der Waals surface area contributed by atoms with Crippen molar-refractivity contribution in [1.29, 1.82) is 0 Å². The molecule has 0 aliphatic carbocycles. The lowest BCUT2D eigenvalue weighted by molar-refractivity contribution is -0.168. The van der Waals surface area contributed by atoms with E-state index in [4.69, 9.17) is 28.0 Å². The maximum Gasteiger partial charge on any atom is 0.407 e. The molecule has 1 aliphatic heterocycles. The summed E-state index contributed by atoms with van der Waals surface area (Å²) in [6.07, 6.45) is -0.961. The second-order valence-electron chi connectivity index (χ2n) is 13.9. The average Bonchev–Trinajstić information content (AvgIpc) is 3.73. The van der Waals surface area contributed by atoms with Crippen LogP contribution in [-0.4, -0.2) is 67.8 Å². The number of unbranched alkanes of at least 4 members (excludes halogenated alkanes) is 1. The van der Waals surface area contributed by atoms with Crippen molar-refractivity contribution in [2.45, 2.75) is 83.9 Å². The van der Waals surface area contributed by atoms with Gasteiger partial charge in [0.25, 0.3) is 0 Å². The summed E-state index contributed by atoms with van der Waals surface area (Å²) in [5, 5.41) is 5.61. The maximum absolute atomic E-state index is 15.0. The molecule has 15 heteroatoms. The molecule has 0 aromatic heterocycles. The zero-order valence-corrected chi connectivity index (χ0v) is 32.2. The van der Waals surface area contributed by atoms with Crippen molar-refractivity contribution in [3.8, 4) is 0 Å². The Morgan fingerprint density at radius 1 is 0.855 bits per heavy atom.